The molecule has 0 aliphatic carbocycles. The van der Waals surface area contributed by atoms with Crippen molar-refractivity contribution in [3.63, 3.8) is 0 Å². The van der Waals surface area contributed by atoms with E-state index in [1.54, 1.807) is 0 Å². The van der Waals surface area contributed by atoms with Gasteiger partial charge in [-0.1, -0.05) is 42.8 Å². The fraction of sp³-hybridized carbons (Fsp3) is 0.333. The zero-order valence-electron chi connectivity index (χ0n) is 12.8. The maximum absolute atomic E-state index is 6.24. The average molecular weight is 304 g/mol. The number of ether oxygens (including phenoxy) is 1. The molecule has 1 unspecified atom stereocenters. The summed E-state index contributed by atoms with van der Waals surface area (Å²) in [4.78, 5) is 0. The van der Waals surface area contributed by atoms with E-state index in [1.807, 2.05) is 31.3 Å². The Labute approximate surface area is 132 Å². The normalized spacial score (nSPS) is 12.2. The molecule has 0 aliphatic rings. The van der Waals surface area contributed by atoms with E-state index in [-0.39, 0.29) is 6.04 Å². The zero-order chi connectivity index (χ0) is 15.2. The molecule has 0 saturated carbocycles. The van der Waals surface area contributed by atoms with Crippen LogP contribution < -0.4 is 10.1 Å². The van der Waals surface area contributed by atoms with Crippen LogP contribution in [0.2, 0.25) is 5.02 Å². The molecule has 3 heteroatoms. The molecule has 2 nitrogen and oxygen atoms in total. The van der Waals surface area contributed by atoms with E-state index >= 15 is 0 Å². The highest BCUT2D eigenvalue weighted by atomic mass is 35.5. The van der Waals surface area contributed by atoms with Crippen LogP contribution in [0, 0.1) is 6.92 Å². The van der Waals surface area contributed by atoms with Crippen LogP contribution in [0.1, 0.15) is 36.1 Å². The lowest BCUT2D eigenvalue weighted by Gasteiger charge is -2.20. The molecule has 0 aromatic heterocycles. The molecule has 0 heterocycles. The number of benzene rings is 2. The van der Waals surface area contributed by atoms with E-state index in [0.717, 1.165) is 29.4 Å². The van der Waals surface area contributed by atoms with Crippen molar-refractivity contribution < 1.29 is 4.74 Å². The predicted molar refractivity (Wildman–Crippen MR) is 89.3 cm³/mol. The first kappa shape index (κ1) is 15.9. The van der Waals surface area contributed by atoms with Gasteiger partial charge in [-0.05, 0) is 55.3 Å². The van der Waals surface area contributed by atoms with Crippen molar-refractivity contribution in [1.82, 2.24) is 5.32 Å². The molecule has 2 rings (SSSR count). The molecule has 0 aliphatic heterocycles. The summed E-state index contributed by atoms with van der Waals surface area (Å²) in [7, 11) is 1.96. The zero-order valence-corrected chi connectivity index (χ0v) is 13.6. The van der Waals surface area contributed by atoms with Gasteiger partial charge in [0, 0.05) is 5.02 Å². The Balaban J connectivity index is 2.27. The molecule has 0 spiro atoms. The van der Waals surface area contributed by atoms with E-state index in [1.165, 1.54) is 11.1 Å². The SMILES string of the molecule is CCCOc1ccc(C(NC)c2cccc(Cl)c2C)cc1. The third kappa shape index (κ3) is 3.78. The molecule has 0 amide bonds. The third-order valence-corrected chi connectivity index (χ3v) is 4.01. The van der Waals surface area contributed by atoms with Crippen LogP contribution in [0.3, 0.4) is 0 Å². The van der Waals surface area contributed by atoms with Gasteiger partial charge in [-0.25, -0.2) is 0 Å². The van der Waals surface area contributed by atoms with Gasteiger partial charge in [0.2, 0.25) is 0 Å². The van der Waals surface area contributed by atoms with Gasteiger partial charge in [0.15, 0.2) is 0 Å². The monoisotopic (exact) mass is 303 g/mol. The fourth-order valence-electron chi connectivity index (χ4n) is 2.42. The maximum Gasteiger partial charge on any atom is 0.119 e. The van der Waals surface area contributed by atoms with Gasteiger partial charge < -0.3 is 10.1 Å². The highest BCUT2D eigenvalue weighted by molar-refractivity contribution is 6.31. The standard InChI is InChI=1S/C18H22ClNO/c1-4-12-21-15-10-8-14(9-11-15)18(20-3)16-6-5-7-17(19)13(16)2/h5-11,18,20H,4,12H2,1-3H3. The fourth-order valence-corrected chi connectivity index (χ4v) is 2.60. The van der Waals surface area contributed by atoms with Gasteiger partial charge in [0.1, 0.15) is 5.75 Å². The topological polar surface area (TPSA) is 21.3 Å². The molecule has 112 valence electrons. The molecular weight excluding hydrogens is 282 g/mol. The van der Waals surface area contributed by atoms with Crippen LogP contribution in [0.4, 0.5) is 0 Å². The maximum atomic E-state index is 6.24. The highest BCUT2D eigenvalue weighted by Gasteiger charge is 2.15. The van der Waals surface area contributed by atoms with Crippen LogP contribution in [0.15, 0.2) is 42.5 Å². The number of nitrogens with one attached hydrogen (secondary N) is 1. The van der Waals surface area contributed by atoms with E-state index in [0.29, 0.717) is 0 Å². The molecule has 2 aromatic rings. The van der Waals surface area contributed by atoms with E-state index in [2.05, 4.69) is 37.4 Å². The summed E-state index contributed by atoms with van der Waals surface area (Å²) in [6, 6.07) is 14.4. The van der Waals surface area contributed by atoms with Crippen LogP contribution in [0.25, 0.3) is 0 Å². The Kier molecular flexibility index (Phi) is 5.66. The summed E-state index contributed by atoms with van der Waals surface area (Å²) in [6.45, 7) is 4.91. The summed E-state index contributed by atoms with van der Waals surface area (Å²) in [5, 5.41) is 4.17. The van der Waals surface area contributed by atoms with Gasteiger partial charge in [0.05, 0.1) is 12.6 Å². The van der Waals surface area contributed by atoms with Crippen molar-refractivity contribution in [3.8, 4) is 5.75 Å². The first-order valence-electron chi connectivity index (χ1n) is 7.32. The van der Waals surface area contributed by atoms with Crippen molar-refractivity contribution in [1.29, 1.82) is 0 Å². The van der Waals surface area contributed by atoms with Crippen molar-refractivity contribution in [2.75, 3.05) is 13.7 Å². The van der Waals surface area contributed by atoms with Crippen LogP contribution in [-0.2, 0) is 0 Å². The number of hydrogen-bond acceptors (Lipinski definition) is 2. The van der Waals surface area contributed by atoms with Crippen molar-refractivity contribution in [2.45, 2.75) is 26.3 Å². The number of halogens is 1. The summed E-state index contributed by atoms with van der Waals surface area (Å²) in [5.41, 5.74) is 3.52. The molecule has 21 heavy (non-hydrogen) atoms. The lowest BCUT2D eigenvalue weighted by atomic mass is 9.95. The Morgan fingerprint density at radius 1 is 1.14 bits per heavy atom. The molecule has 1 atom stereocenters. The smallest absolute Gasteiger partial charge is 0.119 e. The van der Waals surface area contributed by atoms with Gasteiger partial charge in [0.25, 0.3) is 0 Å². The second-order valence-corrected chi connectivity index (χ2v) is 5.50. The minimum absolute atomic E-state index is 0.129. The Hall–Kier alpha value is -1.51. The summed E-state index contributed by atoms with van der Waals surface area (Å²) >= 11 is 6.24. The predicted octanol–water partition coefficient (Wildman–Crippen LogP) is 4.75. The lowest BCUT2D eigenvalue weighted by molar-refractivity contribution is 0.317. The number of hydrogen-bond donors (Lipinski definition) is 1. The third-order valence-electron chi connectivity index (χ3n) is 3.60. The first-order chi connectivity index (χ1) is 10.2. The van der Waals surface area contributed by atoms with Crippen LogP contribution in [0.5, 0.6) is 5.75 Å². The second-order valence-electron chi connectivity index (χ2n) is 5.09. The average Bonchev–Trinajstić information content (AvgIpc) is 2.51. The quantitative estimate of drug-likeness (QED) is 0.832. The molecule has 1 N–H and O–H groups in total. The van der Waals surface area contributed by atoms with Gasteiger partial charge in [-0.3, -0.25) is 0 Å². The Morgan fingerprint density at radius 2 is 1.86 bits per heavy atom. The molecule has 0 saturated heterocycles. The largest absolute Gasteiger partial charge is 0.494 e. The first-order valence-corrected chi connectivity index (χ1v) is 7.70. The second kappa shape index (κ2) is 7.48. The Morgan fingerprint density at radius 3 is 2.48 bits per heavy atom. The number of rotatable bonds is 6. The van der Waals surface area contributed by atoms with Crippen molar-refractivity contribution >= 4 is 11.6 Å². The minimum Gasteiger partial charge on any atom is -0.494 e. The minimum atomic E-state index is 0.129. The van der Waals surface area contributed by atoms with Crippen LogP contribution in [-0.4, -0.2) is 13.7 Å². The van der Waals surface area contributed by atoms with Crippen LogP contribution >= 0.6 is 11.6 Å². The van der Waals surface area contributed by atoms with Crippen molar-refractivity contribution in [2.24, 2.45) is 0 Å². The summed E-state index contributed by atoms with van der Waals surface area (Å²) in [6.07, 6.45) is 1.02. The molecule has 0 bridgehead atoms. The van der Waals surface area contributed by atoms with Gasteiger partial charge >= 0.3 is 0 Å². The molecule has 0 fully saturated rings. The molecule has 0 radical (unpaired) electrons. The Bertz CT molecular complexity index is 580. The van der Waals surface area contributed by atoms with Crippen molar-refractivity contribution in [3.05, 3.63) is 64.2 Å². The van der Waals surface area contributed by atoms with E-state index in [9.17, 15) is 0 Å². The molecule has 2 aromatic carbocycles. The summed E-state index contributed by atoms with van der Waals surface area (Å²) in [5.74, 6) is 0.915. The van der Waals surface area contributed by atoms with E-state index in [4.69, 9.17) is 16.3 Å². The van der Waals surface area contributed by atoms with Gasteiger partial charge in [-0.2, -0.15) is 0 Å². The van der Waals surface area contributed by atoms with E-state index < -0.39 is 0 Å². The molecular formula is C18H22ClNO. The lowest BCUT2D eigenvalue weighted by Crippen LogP contribution is -2.18. The highest BCUT2D eigenvalue weighted by Crippen LogP contribution is 2.29. The van der Waals surface area contributed by atoms with Gasteiger partial charge in [-0.15, -0.1) is 0 Å². The summed E-state index contributed by atoms with van der Waals surface area (Å²) < 4.78 is 5.63.